The van der Waals surface area contributed by atoms with Crippen LogP contribution in [-0.4, -0.2) is 443 Å². The zero-order valence-corrected chi connectivity index (χ0v) is 106. The van der Waals surface area contributed by atoms with Gasteiger partial charge < -0.3 is 108 Å². The molecule has 0 radical (unpaired) electrons. The van der Waals surface area contributed by atoms with Gasteiger partial charge in [0.05, 0.1) is 141 Å². The van der Waals surface area contributed by atoms with Crippen molar-refractivity contribution in [3.8, 4) is 0 Å². The zero-order valence-electron chi connectivity index (χ0n) is 106. The number of rotatable bonds is 28. The number of carbonyl (C=O) groups is 3. The van der Waals surface area contributed by atoms with Crippen LogP contribution in [-0.2, 0) is 47.5 Å². The molecule has 8 aliphatic heterocycles. The average Bonchev–Trinajstić information content (AvgIpc) is 1.24. The summed E-state index contributed by atoms with van der Waals surface area (Å²) in [5.41, 5.74) is 9.94. The molecular formula is C119H253N12O17+3. The number of aliphatic hydroxyl groups is 6. The quantitative estimate of drug-likeness (QED) is 0.0260. The van der Waals surface area contributed by atoms with Crippen LogP contribution in [0.3, 0.4) is 0 Å². The number of morpholine rings is 2. The molecule has 8 heterocycles. The summed E-state index contributed by atoms with van der Waals surface area (Å²) in [6.07, 6.45) is 7.37. The van der Waals surface area contributed by atoms with E-state index in [1.807, 2.05) is 6.92 Å². The minimum Gasteiger partial charge on any atom is -0.480 e. The van der Waals surface area contributed by atoms with Gasteiger partial charge >= 0.3 is 11.9 Å². The van der Waals surface area contributed by atoms with Gasteiger partial charge in [0.15, 0.2) is 12.6 Å². The number of carboxylic acids is 1. The molecule has 0 bridgehead atoms. The molecule has 0 aromatic heterocycles. The van der Waals surface area contributed by atoms with Gasteiger partial charge in [0.1, 0.15) is 55.7 Å². The van der Waals surface area contributed by atoms with Crippen LogP contribution < -0.4 is 11.1 Å². The molecule has 888 valence electrons. The van der Waals surface area contributed by atoms with Gasteiger partial charge in [0.2, 0.25) is 5.91 Å². The molecule has 8 saturated heterocycles. The Morgan fingerprint density at radius 2 is 0.804 bits per heavy atom. The van der Waals surface area contributed by atoms with E-state index in [-0.39, 0.29) is 52.7 Å². The molecular weight excluding hydrogens is 1870 g/mol. The normalized spacial score (nSPS) is 24.5. The molecule has 29 heteroatoms. The average molecular weight is 2120 g/mol. The Kier molecular flexibility index (Phi) is 70.5. The van der Waals surface area contributed by atoms with Crippen molar-refractivity contribution >= 4 is 17.8 Å². The second-order valence-electron chi connectivity index (χ2n) is 60.0. The van der Waals surface area contributed by atoms with E-state index in [1.54, 1.807) is 0 Å². The molecule has 8 aliphatic rings. The SMILES string of the molecule is CC(=O)NC1C(OCCC(C)(C)C)OC(CO)C(O)C1C.CC(C)(C)C(C)(C)CN.CC(C)(C)CCN1CCC[C@H]1C(=O)O.CC(C)(C)CCN1CCOCC1.CC(C)(C)CCN1CC[N+](C)(C)CC1.CC(C)(C)CCOC1OC(CO)C(O)C(O)C1O.CC(C)(C)CC[N+](C)(C)C.CC(C)(C)CC[N+]1(C)CCOCC1.CN(C)CCC(C)(C)C.CN1CCN(CCC(C)(C)C)CC1.COC(=O)[C@H]1CCCN1CCC(C)(C)C. The monoisotopic (exact) mass is 2120 g/mol. The van der Waals surface area contributed by atoms with Crippen LogP contribution in [0.1, 0.15) is 346 Å². The van der Waals surface area contributed by atoms with Crippen molar-refractivity contribution in [2.45, 2.75) is 413 Å². The first-order chi connectivity index (χ1) is 66.9. The molecule has 29 nitrogen and oxygen atoms in total. The Morgan fingerprint density at radius 1 is 0.446 bits per heavy atom. The van der Waals surface area contributed by atoms with Crippen molar-refractivity contribution < 1.29 is 96.7 Å². The predicted octanol–water partition coefficient (Wildman–Crippen LogP) is 17.2. The van der Waals surface area contributed by atoms with Crippen molar-refractivity contribution in [1.82, 2.24) is 39.6 Å². The molecule has 0 aliphatic carbocycles. The number of nitrogens with one attached hydrogen (secondary N) is 1. The molecule has 0 spiro atoms. The van der Waals surface area contributed by atoms with Gasteiger partial charge in [-0.15, -0.1) is 0 Å². The standard InChI is InChI=1S/C15H29NO5.C12H27N2.C12H23NO2.C12H24O6.C11H24N2.C11H21NO2.C11H24NO.C10H21NO.C9H22N.2C8H19N/c1-9-12(16-10(2)18)14(20-7-6-15(3,4)5)21-11(8-17)13(9)19;1-12(2,3)6-7-13-8-10-14(4,5)11-9-13;1-12(2,3)7-9-13-8-5-6-10(13)11(14)15-4;1-12(2,3)4-5-17-11-10(16)9(15)8(14)7(6-13)18-11;1-11(2,3)5-6-13-9-7-12(4)8-10-13;1-11(2,3)6-8-12-7-4-5-9(12)10(13)14;1-11(2,3)5-6-12(4)7-9-13-10-8-12;1-10(2,3)4-5-11-6-8-12-9-7-11;1-9(2,3)7-8-10(4,5)6;1-8(2,3)6-7-9(4)5;1-7(2,3)8(4,5)6-9/h9,11-14,17,19H,6-8H2,1-5H3,(H,16,18);6-11H2,1-5H3;10H,5-9H2,1-4H3;7-11,13-16H,4-6H2,1-3H3;5-10H2,1-4H3;9H,4-8H2,1-3H3,(H,13,14);5-10H2,1-4H3;4-9H2,1-3H3;7-8H2,1-6H3;6-7H2,1-5H3;6,9H2,1-5H3/q;+1;;;;;+1;;+1;;/t;;10-;;;9-;;;;;/m..1..0...../s1. The van der Waals surface area contributed by atoms with Crippen molar-refractivity contribution in [1.29, 1.82) is 0 Å². The molecule has 148 heavy (non-hydrogen) atoms. The number of methoxy groups -OCH3 is 1. The number of amides is 1. The summed E-state index contributed by atoms with van der Waals surface area (Å²) in [5, 5.41) is 69.0. The number of nitrogens with zero attached hydrogens (tertiary/aromatic N) is 10. The van der Waals surface area contributed by atoms with Crippen LogP contribution in [0, 0.1) is 70.9 Å². The molecule has 8 rings (SSSR count). The summed E-state index contributed by atoms with van der Waals surface area (Å²) >= 11 is 0. The van der Waals surface area contributed by atoms with Gasteiger partial charge in [-0.3, -0.25) is 34.0 Å². The maximum Gasteiger partial charge on any atom is 0.323 e. The lowest BCUT2D eigenvalue weighted by molar-refractivity contribution is -0.917. The lowest BCUT2D eigenvalue weighted by atomic mass is 9.69. The highest BCUT2D eigenvalue weighted by atomic mass is 16.7. The molecule has 0 aromatic carbocycles. The topological polar surface area (TPSA) is 318 Å². The summed E-state index contributed by atoms with van der Waals surface area (Å²) in [6.45, 7) is 113. The first-order valence-electron chi connectivity index (χ1n) is 57.3. The fourth-order valence-electron chi connectivity index (χ4n) is 15.7. The minimum atomic E-state index is -1.38. The number of esters is 1. The van der Waals surface area contributed by atoms with E-state index in [0.717, 1.165) is 128 Å². The fraction of sp³-hybridized carbons (Fsp3) is 0.975. The van der Waals surface area contributed by atoms with Gasteiger partial charge in [-0.2, -0.15) is 0 Å². The number of hydrogen-bond acceptors (Lipinski definition) is 24. The molecule has 12 atom stereocenters. The Bertz CT molecular complexity index is 3340. The van der Waals surface area contributed by atoms with Crippen LogP contribution in [0.4, 0.5) is 0 Å². The summed E-state index contributed by atoms with van der Waals surface area (Å²) in [5.74, 6) is -1.19. The largest absolute Gasteiger partial charge is 0.480 e. The number of piperazine rings is 2. The molecule has 10 N–H and O–H groups in total. The second-order valence-corrected chi connectivity index (χ2v) is 60.0. The summed E-state index contributed by atoms with van der Waals surface area (Å²) in [6, 6.07) is -0.644. The number of ether oxygens (including phenoxy) is 7. The van der Waals surface area contributed by atoms with Crippen LogP contribution in [0.15, 0.2) is 0 Å². The third-order valence-electron chi connectivity index (χ3n) is 29.2. The summed E-state index contributed by atoms with van der Waals surface area (Å²) in [7, 11) is 21.7. The fourth-order valence-corrected chi connectivity index (χ4v) is 15.7. The van der Waals surface area contributed by atoms with E-state index in [4.69, 9.17) is 49.1 Å². The maximum atomic E-state index is 11.5. The highest BCUT2D eigenvalue weighted by molar-refractivity contribution is 5.76. The van der Waals surface area contributed by atoms with Crippen LogP contribution in [0.2, 0.25) is 0 Å². The van der Waals surface area contributed by atoms with Gasteiger partial charge in [0.25, 0.3) is 0 Å². The Balaban J connectivity index is -0.00000158. The van der Waals surface area contributed by atoms with Gasteiger partial charge in [0, 0.05) is 78.0 Å². The lowest BCUT2D eigenvalue weighted by Gasteiger charge is -2.43. The van der Waals surface area contributed by atoms with Crippen molar-refractivity contribution in [2.24, 2.45) is 76.6 Å². The number of likely N-dealkylation sites (tertiary alicyclic amines) is 2. The van der Waals surface area contributed by atoms with Gasteiger partial charge in [-0.25, -0.2) is 0 Å². The second kappa shape index (κ2) is 69.8. The smallest absolute Gasteiger partial charge is 0.323 e. The molecule has 0 saturated carbocycles. The molecule has 1 amide bonds. The number of aliphatic carboxylic acids is 1. The van der Waals surface area contributed by atoms with Crippen molar-refractivity contribution in [3.63, 3.8) is 0 Å². The van der Waals surface area contributed by atoms with E-state index in [2.05, 4.69) is 345 Å². The van der Waals surface area contributed by atoms with Crippen LogP contribution in [0.25, 0.3) is 0 Å². The van der Waals surface area contributed by atoms with E-state index >= 15 is 0 Å². The number of hydrogen-bond donors (Lipinski definition) is 9. The highest BCUT2D eigenvalue weighted by Crippen LogP contribution is 2.37. The molecule has 8 fully saturated rings. The third kappa shape index (κ3) is 79.5. The van der Waals surface area contributed by atoms with Gasteiger partial charge in [-0.05, 0) is 222 Å². The van der Waals surface area contributed by atoms with E-state index in [9.17, 15) is 39.9 Å². The highest BCUT2D eigenvalue weighted by Gasteiger charge is 2.46. The van der Waals surface area contributed by atoms with E-state index in [0.29, 0.717) is 61.9 Å². The summed E-state index contributed by atoms with van der Waals surface area (Å²) < 4.78 is 40.9. The maximum absolute atomic E-state index is 11.5. The summed E-state index contributed by atoms with van der Waals surface area (Å²) in [4.78, 5) is 50.4. The number of nitrogens with two attached hydrogens (primary N) is 1. The molecule has 10 unspecified atom stereocenters. The number of likely N-dealkylation sites (N-methyl/N-ethyl adjacent to an activating group) is 3. The predicted molar refractivity (Wildman–Crippen MR) is 619 cm³/mol. The van der Waals surface area contributed by atoms with Crippen molar-refractivity contribution in [2.75, 3.05) is 274 Å². The Hall–Kier alpha value is -2.51. The molecule has 0 aromatic rings. The third-order valence-corrected chi connectivity index (χ3v) is 29.2. The Labute approximate surface area is 913 Å². The van der Waals surface area contributed by atoms with Crippen molar-refractivity contribution in [3.05, 3.63) is 0 Å². The van der Waals surface area contributed by atoms with Gasteiger partial charge in [-0.1, -0.05) is 249 Å². The van der Waals surface area contributed by atoms with Crippen LogP contribution >= 0.6 is 0 Å². The number of carbonyl (C=O) groups excluding carboxylic acids is 2. The Morgan fingerprint density at radius 3 is 1.14 bits per heavy atom. The number of aliphatic hydroxyl groups excluding tert-OH is 6. The van der Waals surface area contributed by atoms with Crippen LogP contribution in [0.5, 0.6) is 0 Å². The minimum absolute atomic E-state index is 0.0114. The van der Waals surface area contributed by atoms with E-state index < -0.39 is 67.8 Å². The number of carboxylic acid groups (broad SMARTS) is 1. The zero-order chi connectivity index (χ0) is 116. The first-order valence-corrected chi connectivity index (χ1v) is 57.3. The number of quaternary nitrogens is 3. The van der Waals surface area contributed by atoms with E-state index in [1.165, 1.54) is 166 Å². The first kappa shape index (κ1) is 150. The lowest BCUT2D eigenvalue weighted by Crippen LogP contribution is -2.61.